The van der Waals surface area contributed by atoms with Crippen LogP contribution < -0.4 is 4.74 Å². The van der Waals surface area contributed by atoms with Crippen molar-refractivity contribution in [1.29, 1.82) is 0 Å². The fraction of sp³-hybridized carbons (Fsp3) is 0.429. The van der Waals surface area contributed by atoms with Crippen molar-refractivity contribution in [3.63, 3.8) is 0 Å². The van der Waals surface area contributed by atoms with Crippen LogP contribution in [0.25, 0.3) is 11.3 Å². The maximum Gasteiger partial charge on any atom is 0.258 e. The number of hydrogen-bond donors (Lipinski definition) is 0. The fourth-order valence-electron chi connectivity index (χ4n) is 3.09. The van der Waals surface area contributed by atoms with E-state index >= 15 is 0 Å². The summed E-state index contributed by atoms with van der Waals surface area (Å²) in [6.45, 7) is 6.23. The number of rotatable bonds is 8. The van der Waals surface area contributed by atoms with Crippen molar-refractivity contribution in [2.24, 2.45) is 0 Å². The summed E-state index contributed by atoms with van der Waals surface area (Å²) in [5.41, 5.74) is 1.49. The van der Waals surface area contributed by atoms with Crippen LogP contribution >= 0.6 is 0 Å². The molecule has 1 aromatic heterocycles. The van der Waals surface area contributed by atoms with Crippen LogP contribution in [0.3, 0.4) is 0 Å². The van der Waals surface area contributed by atoms with Crippen LogP contribution in [0.4, 0.5) is 0 Å². The van der Waals surface area contributed by atoms with Crippen LogP contribution in [0.2, 0.25) is 0 Å². The highest BCUT2D eigenvalue weighted by molar-refractivity contribution is 5.65. The molecule has 0 aliphatic heterocycles. The molecule has 0 fully saturated rings. The van der Waals surface area contributed by atoms with Gasteiger partial charge in [0.15, 0.2) is 5.76 Å². The lowest BCUT2D eigenvalue weighted by molar-refractivity contribution is -0.217. The predicted molar refractivity (Wildman–Crippen MR) is 102 cm³/mol. The summed E-state index contributed by atoms with van der Waals surface area (Å²) in [4.78, 5) is 16.8. The molecule has 2 aromatic rings. The Kier molecular flexibility index (Phi) is 5.96. The van der Waals surface area contributed by atoms with E-state index in [4.69, 9.17) is 14.1 Å². The van der Waals surface area contributed by atoms with Gasteiger partial charge in [-0.2, -0.15) is 0 Å². The van der Waals surface area contributed by atoms with Gasteiger partial charge in [-0.3, -0.25) is 9.63 Å². The van der Waals surface area contributed by atoms with E-state index in [1.165, 1.54) is 5.06 Å². The number of carbonyl (C=O) groups is 1. The molecule has 1 aliphatic rings. The predicted octanol–water partition coefficient (Wildman–Crippen LogP) is 4.34. The van der Waals surface area contributed by atoms with Crippen LogP contribution in [0.5, 0.6) is 5.88 Å². The van der Waals surface area contributed by atoms with Crippen LogP contribution in [0, 0.1) is 0 Å². The lowest BCUT2D eigenvalue weighted by Gasteiger charge is -2.26. The van der Waals surface area contributed by atoms with E-state index in [0.29, 0.717) is 18.8 Å². The molecule has 0 N–H and O–H groups in total. The van der Waals surface area contributed by atoms with Gasteiger partial charge in [-0.25, -0.2) is 5.06 Å². The topological polar surface area (TPSA) is 64.8 Å². The Bertz CT molecular complexity index is 777. The van der Waals surface area contributed by atoms with Gasteiger partial charge in [0.2, 0.25) is 6.41 Å². The van der Waals surface area contributed by atoms with Gasteiger partial charge in [0, 0.05) is 11.5 Å². The Morgan fingerprint density at radius 3 is 2.70 bits per heavy atom. The first-order valence-corrected chi connectivity index (χ1v) is 9.23. The van der Waals surface area contributed by atoms with Gasteiger partial charge in [-0.05, 0) is 38.8 Å². The van der Waals surface area contributed by atoms with Crippen molar-refractivity contribution < 1.29 is 18.9 Å². The summed E-state index contributed by atoms with van der Waals surface area (Å²) in [5.74, 6) is 1.43. The molecule has 27 heavy (non-hydrogen) atoms. The molecule has 1 amide bonds. The largest absolute Gasteiger partial charge is 0.473 e. The normalized spacial score (nSPS) is 16.5. The number of aromatic nitrogens is 1. The third-order valence-electron chi connectivity index (χ3n) is 4.17. The monoisotopic (exact) mass is 370 g/mol. The Morgan fingerprint density at radius 1 is 1.30 bits per heavy atom. The van der Waals surface area contributed by atoms with Gasteiger partial charge in [0.05, 0.1) is 17.7 Å². The average molecular weight is 370 g/mol. The molecule has 0 saturated heterocycles. The lowest BCUT2D eigenvalue weighted by atomic mass is 9.96. The lowest BCUT2D eigenvalue weighted by Crippen LogP contribution is -2.35. The zero-order chi connectivity index (χ0) is 19.3. The van der Waals surface area contributed by atoms with E-state index in [9.17, 15) is 4.79 Å². The number of amides is 1. The number of allylic oxidation sites excluding steroid dienone is 2. The van der Waals surface area contributed by atoms with Crippen LogP contribution in [0.15, 0.2) is 47.0 Å². The number of hydrogen-bond acceptors (Lipinski definition) is 5. The van der Waals surface area contributed by atoms with Gasteiger partial charge in [-0.1, -0.05) is 42.5 Å². The van der Waals surface area contributed by atoms with Gasteiger partial charge in [0.1, 0.15) is 6.61 Å². The first-order valence-electron chi connectivity index (χ1n) is 9.23. The molecule has 1 atom stereocenters. The quantitative estimate of drug-likeness (QED) is 0.393. The Hall–Kier alpha value is -2.60. The minimum absolute atomic E-state index is 0.217. The maximum absolute atomic E-state index is 11.2. The fourth-order valence-corrected chi connectivity index (χ4v) is 3.09. The van der Waals surface area contributed by atoms with Crippen LogP contribution in [-0.2, 0) is 9.63 Å². The second kappa shape index (κ2) is 8.39. The zero-order valence-electron chi connectivity index (χ0n) is 16.1. The van der Waals surface area contributed by atoms with Gasteiger partial charge < -0.3 is 9.26 Å². The van der Waals surface area contributed by atoms with Crippen molar-refractivity contribution >= 4 is 6.41 Å². The second-order valence-electron chi connectivity index (χ2n) is 7.51. The minimum Gasteiger partial charge on any atom is -0.473 e. The highest BCUT2D eigenvalue weighted by Crippen LogP contribution is 2.41. The highest BCUT2D eigenvalue weighted by atomic mass is 16.7. The number of nitrogens with zero attached hydrogens (tertiary/aromatic N) is 2. The van der Waals surface area contributed by atoms with Crippen molar-refractivity contribution in [1.82, 2.24) is 10.2 Å². The average Bonchev–Trinajstić information content (AvgIpc) is 3.30. The van der Waals surface area contributed by atoms with Crippen molar-refractivity contribution in [2.45, 2.75) is 45.1 Å². The van der Waals surface area contributed by atoms with E-state index in [2.05, 4.69) is 17.3 Å². The molecule has 144 valence electrons. The first-order chi connectivity index (χ1) is 13.0. The van der Waals surface area contributed by atoms with Crippen molar-refractivity contribution in [2.75, 3.05) is 13.2 Å². The summed E-state index contributed by atoms with van der Waals surface area (Å²) >= 11 is 0. The number of carbonyl (C=O) groups excluding carboxylic acids is 1. The molecule has 6 heteroatoms. The van der Waals surface area contributed by atoms with Gasteiger partial charge in [-0.15, -0.1) is 0 Å². The summed E-state index contributed by atoms with van der Waals surface area (Å²) in [7, 11) is 0. The zero-order valence-corrected chi connectivity index (χ0v) is 16.1. The third-order valence-corrected chi connectivity index (χ3v) is 4.17. The first kappa shape index (κ1) is 19.2. The maximum atomic E-state index is 11.2. The summed E-state index contributed by atoms with van der Waals surface area (Å²) in [6, 6.07) is 9.90. The van der Waals surface area contributed by atoms with Crippen molar-refractivity contribution in [3.8, 4) is 17.2 Å². The molecule has 1 aliphatic carbocycles. The number of benzene rings is 1. The van der Waals surface area contributed by atoms with E-state index in [0.717, 1.165) is 29.7 Å². The summed E-state index contributed by atoms with van der Waals surface area (Å²) in [6.07, 6.45) is 7.04. The van der Waals surface area contributed by atoms with Crippen LogP contribution in [-0.4, -0.2) is 35.4 Å². The van der Waals surface area contributed by atoms with Crippen LogP contribution in [0.1, 0.15) is 45.1 Å². The molecular weight excluding hydrogens is 344 g/mol. The number of ether oxygens (including phenoxy) is 1. The van der Waals surface area contributed by atoms with E-state index in [1.54, 1.807) is 0 Å². The molecule has 3 rings (SSSR count). The molecular formula is C21H26N2O4. The van der Waals surface area contributed by atoms with Gasteiger partial charge in [0.25, 0.3) is 5.88 Å². The Balaban J connectivity index is 1.74. The molecule has 1 heterocycles. The molecule has 6 nitrogen and oxygen atoms in total. The highest BCUT2D eigenvalue weighted by Gasteiger charge is 2.27. The Morgan fingerprint density at radius 2 is 2.07 bits per heavy atom. The molecule has 1 unspecified atom stereocenters. The van der Waals surface area contributed by atoms with E-state index < -0.39 is 5.60 Å². The Labute approximate surface area is 159 Å². The number of hydroxylamine groups is 2. The molecule has 0 spiro atoms. The summed E-state index contributed by atoms with van der Waals surface area (Å²) in [5, 5.41) is 5.40. The second-order valence-corrected chi connectivity index (χ2v) is 7.51. The van der Waals surface area contributed by atoms with Gasteiger partial charge >= 0.3 is 0 Å². The third kappa shape index (κ3) is 4.98. The minimum atomic E-state index is -0.449. The van der Waals surface area contributed by atoms with E-state index in [1.807, 2.05) is 51.1 Å². The van der Waals surface area contributed by atoms with Crippen molar-refractivity contribution in [3.05, 3.63) is 48.0 Å². The van der Waals surface area contributed by atoms with E-state index in [-0.39, 0.29) is 12.5 Å². The standard InChI is InChI=1S/C21H26N2O4/c1-21(2,3)27-23(15-24)13-14-25-20-18(16-9-7-8-10-16)19(26-22-20)17-11-5-4-6-12-17/h4-7,9,11-12,15-16H,8,10,13-14H2,1-3H3. The molecule has 0 saturated carbocycles. The SMILES string of the molecule is CC(C)(C)ON(C=O)CCOc1noc(-c2ccccc2)c1C1C=CCC1. The molecule has 0 radical (unpaired) electrons. The summed E-state index contributed by atoms with van der Waals surface area (Å²) < 4.78 is 11.5. The smallest absolute Gasteiger partial charge is 0.258 e. The molecule has 1 aromatic carbocycles. The molecule has 0 bridgehead atoms.